The van der Waals surface area contributed by atoms with E-state index in [1.54, 1.807) is 0 Å². The van der Waals surface area contributed by atoms with Crippen LogP contribution in [0.5, 0.6) is 11.5 Å². The lowest BCUT2D eigenvalue weighted by molar-refractivity contribution is 0.287. The van der Waals surface area contributed by atoms with Gasteiger partial charge in [0.2, 0.25) is 0 Å². The van der Waals surface area contributed by atoms with Crippen LogP contribution in [0.4, 0.5) is 0 Å². The van der Waals surface area contributed by atoms with Gasteiger partial charge in [0.25, 0.3) is 0 Å². The second-order valence-electron chi connectivity index (χ2n) is 4.02. The molecule has 0 saturated heterocycles. The summed E-state index contributed by atoms with van der Waals surface area (Å²) in [7, 11) is 0. The molecule has 0 aromatic heterocycles. The highest BCUT2D eigenvalue weighted by molar-refractivity contribution is 5.45. The molecule has 1 rings (SSSR count). The summed E-state index contributed by atoms with van der Waals surface area (Å²) in [6.07, 6.45) is 0. The number of nitrogens with two attached hydrogens (primary N) is 1. The molecule has 4 nitrogen and oxygen atoms in total. The van der Waals surface area contributed by atoms with Crippen molar-refractivity contribution in [1.82, 2.24) is 5.43 Å². The second kappa shape index (κ2) is 7.03. The predicted octanol–water partition coefficient (Wildman–Crippen LogP) is 2.56. The standard InChI is InChI=1S/C14H22N2O2/c1-5-17-12-8-7-11(9-13(12)18-6-2)14(16-15)10(3)4/h7-9,14,16H,3,5-6,15H2,1-2,4H3. The van der Waals surface area contributed by atoms with Gasteiger partial charge in [-0.1, -0.05) is 18.2 Å². The Hall–Kier alpha value is -1.52. The van der Waals surface area contributed by atoms with Crippen molar-refractivity contribution in [1.29, 1.82) is 0 Å². The van der Waals surface area contributed by atoms with Crippen molar-refractivity contribution in [2.75, 3.05) is 13.2 Å². The summed E-state index contributed by atoms with van der Waals surface area (Å²) in [6, 6.07) is 5.72. The third-order valence-electron chi connectivity index (χ3n) is 2.56. The van der Waals surface area contributed by atoms with Crippen molar-refractivity contribution in [3.05, 3.63) is 35.9 Å². The minimum atomic E-state index is -0.0834. The summed E-state index contributed by atoms with van der Waals surface area (Å²) in [5, 5.41) is 0. The summed E-state index contributed by atoms with van der Waals surface area (Å²) in [6.45, 7) is 10.9. The van der Waals surface area contributed by atoms with Gasteiger partial charge in [-0.25, -0.2) is 5.43 Å². The number of hydrogen-bond acceptors (Lipinski definition) is 4. The lowest BCUT2D eigenvalue weighted by Crippen LogP contribution is -2.28. The number of ether oxygens (including phenoxy) is 2. The van der Waals surface area contributed by atoms with Crippen LogP contribution in [0.25, 0.3) is 0 Å². The Balaban J connectivity index is 3.08. The molecule has 100 valence electrons. The van der Waals surface area contributed by atoms with Crippen molar-refractivity contribution in [3.8, 4) is 11.5 Å². The van der Waals surface area contributed by atoms with Crippen LogP contribution in [0, 0.1) is 0 Å². The molecule has 1 atom stereocenters. The molecule has 0 radical (unpaired) electrons. The van der Waals surface area contributed by atoms with Crippen LogP contribution in [0.15, 0.2) is 30.4 Å². The first kappa shape index (κ1) is 14.5. The van der Waals surface area contributed by atoms with Gasteiger partial charge >= 0.3 is 0 Å². The summed E-state index contributed by atoms with van der Waals surface area (Å²) in [4.78, 5) is 0. The summed E-state index contributed by atoms with van der Waals surface area (Å²) >= 11 is 0. The van der Waals surface area contributed by atoms with E-state index in [1.165, 1.54) is 0 Å². The number of nitrogens with one attached hydrogen (secondary N) is 1. The molecule has 4 heteroatoms. The molecule has 3 N–H and O–H groups in total. The van der Waals surface area contributed by atoms with Gasteiger partial charge in [0.15, 0.2) is 11.5 Å². The van der Waals surface area contributed by atoms with E-state index in [1.807, 2.05) is 39.0 Å². The third kappa shape index (κ3) is 3.48. The number of rotatable bonds is 7. The molecule has 0 saturated carbocycles. The first-order chi connectivity index (χ1) is 8.63. The first-order valence-electron chi connectivity index (χ1n) is 6.15. The largest absolute Gasteiger partial charge is 0.490 e. The lowest BCUT2D eigenvalue weighted by Gasteiger charge is -2.19. The molecule has 1 aromatic carbocycles. The molecule has 0 fully saturated rings. The highest BCUT2D eigenvalue weighted by Gasteiger charge is 2.13. The van der Waals surface area contributed by atoms with Gasteiger partial charge in [-0.3, -0.25) is 5.84 Å². The molecule has 1 aromatic rings. The lowest BCUT2D eigenvalue weighted by atomic mass is 10.0. The fourth-order valence-electron chi connectivity index (χ4n) is 1.77. The van der Waals surface area contributed by atoms with E-state index in [0.717, 1.165) is 22.6 Å². The normalized spacial score (nSPS) is 12.0. The smallest absolute Gasteiger partial charge is 0.161 e. The van der Waals surface area contributed by atoms with Crippen molar-refractivity contribution >= 4 is 0 Å². The summed E-state index contributed by atoms with van der Waals surface area (Å²) in [5.74, 6) is 7.03. The van der Waals surface area contributed by atoms with E-state index in [9.17, 15) is 0 Å². The Morgan fingerprint density at radius 1 is 1.28 bits per heavy atom. The van der Waals surface area contributed by atoms with E-state index in [2.05, 4.69) is 12.0 Å². The van der Waals surface area contributed by atoms with E-state index >= 15 is 0 Å². The molecular weight excluding hydrogens is 228 g/mol. The van der Waals surface area contributed by atoms with Gasteiger partial charge in [0, 0.05) is 0 Å². The van der Waals surface area contributed by atoms with Gasteiger partial charge in [-0.15, -0.1) is 0 Å². The van der Waals surface area contributed by atoms with Gasteiger partial charge in [0.1, 0.15) is 0 Å². The van der Waals surface area contributed by atoms with Gasteiger partial charge in [-0.05, 0) is 38.5 Å². The first-order valence-corrected chi connectivity index (χ1v) is 6.15. The number of hydrazine groups is 1. The predicted molar refractivity (Wildman–Crippen MR) is 73.7 cm³/mol. The summed E-state index contributed by atoms with van der Waals surface area (Å²) in [5.41, 5.74) is 4.70. The number of benzene rings is 1. The second-order valence-corrected chi connectivity index (χ2v) is 4.02. The van der Waals surface area contributed by atoms with Crippen LogP contribution in [-0.2, 0) is 0 Å². The average Bonchev–Trinajstić information content (AvgIpc) is 2.33. The molecule has 1 unspecified atom stereocenters. The van der Waals surface area contributed by atoms with E-state index in [0.29, 0.717) is 13.2 Å². The highest BCUT2D eigenvalue weighted by Crippen LogP contribution is 2.32. The molecule has 0 aliphatic carbocycles. The molecule has 0 heterocycles. The highest BCUT2D eigenvalue weighted by atomic mass is 16.5. The zero-order valence-electron chi connectivity index (χ0n) is 11.3. The van der Waals surface area contributed by atoms with E-state index < -0.39 is 0 Å². The van der Waals surface area contributed by atoms with Crippen molar-refractivity contribution in [3.63, 3.8) is 0 Å². The van der Waals surface area contributed by atoms with Gasteiger partial charge in [-0.2, -0.15) is 0 Å². The van der Waals surface area contributed by atoms with Gasteiger partial charge in [0.05, 0.1) is 19.3 Å². The molecule has 0 amide bonds. The van der Waals surface area contributed by atoms with Crippen LogP contribution in [-0.4, -0.2) is 13.2 Å². The Labute approximate surface area is 109 Å². The maximum absolute atomic E-state index is 5.58. The average molecular weight is 250 g/mol. The molecule has 0 spiro atoms. The van der Waals surface area contributed by atoms with Crippen molar-refractivity contribution < 1.29 is 9.47 Å². The topological polar surface area (TPSA) is 56.5 Å². The Bertz CT molecular complexity index is 405. The molecule has 0 bridgehead atoms. The fraction of sp³-hybridized carbons (Fsp3) is 0.429. The summed E-state index contributed by atoms with van der Waals surface area (Å²) < 4.78 is 11.1. The molecule has 0 aliphatic heterocycles. The third-order valence-corrected chi connectivity index (χ3v) is 2.56. The minimum Gasteiger partial charge on any atom is -0.490 e. The molecule has 0 aliphatic rings. The SMILES string of the molecule is C=C(C)C(NN)c1ccc(OCC)c(OCC)c1. The van der Waals surface area contributed by atoms with Crippen molar-refractivity contribution in [2.24, 2.45) is 5.84 Å². The van der Waals surface area contributed by atoms with E-state index in [-0.39, 0.29) is 6.04 Å². The van der Waals surface area contributed by atoms with Crippen LogP contribution in [0.1, 0.15) is 32.4 Å². The maximum Gasteiger partial charge on any atom is 0.161 e. The number of hydrogen-bond donors (Lipinski definition) is 2. The maximum atomic E-state index is 5.58. The quantitative estimate of drug-likeness (QED) is 0.443. The Kier molecular flexibility index (Phi) is 5.68. The Morgan fingerprint density at radius 2 is 1.89 bits per heavy atom. The van der Waals surface area contributed by atoms with Crippen molar-refractivity contribution in [2.45, 2.75) is 26.8 Å². The van der Waals surface area contributed by atoms with Crippen LogP contribution >= 0.6 is 0 Å². The minimum absolute atomic E-state index is 0.0834. The molecule has 18 heavy (non-hydrogen) atoms. The Morgan fingerprint density at radius 3 is 2.39 bits per heavy atom. The monoisotopic (exact) mass is 250 g/mol. The fourth-order valence-corrected chi connectivity index (χ4v) is 1.77. The van der Waals surface area contributed by atoms with Crippen LogP contribution in [0.3, 0.4) is 0 Å². The zero-order chi connectivity index (χ0) is 13.5. The zero-order valence-corrected chi connectivity index (χ0v) is 11.3. The van der Waals surface area contributed by atoms with Crippen LogP contribution in [0.2, 0.25) is 0 Å². The van der Waals surface area contributed by atoms with Crippen LogP contribution < -0.4 is 20.7 Å². The van der Waals surface area contributed by atoms with Gasteiger partial charge < -0.3 is 9.47 Å². The molecular formula is C14H22N2O2. The van der Waals surface area contributed by atoms with E-state index in [4.69, 9.17) is 15.3 Å².